The van der Waals surface area contributed by atoms with E-state index in [0.29, 0.717) is 5.92 Å². The van der Waals surface area contributed by atoms with E-state index in [1.165, 1.54) is 0 Å². The van der Waals surface area contributed by atoms with Gasteiger partial charge >= 0.3 is 0 Å². The van der Waals surface area contributed by atoms with E-state index in [4.69, 9.17) is 15.0 Å². The van der Waals surface area contributed by atoms with E-state index in [-0.39, 0.29) is 6.04 Å². The molecular weight excluding hydrogens is 272 g/mol. The van der Waals surface area contributed by atoms with Crippen molar-refractivity contribution >= 4 is 15.9 Å². The third kappa shape index (κ3) is 2.85. The fourth-order valence-corrected chi connectivity index (χ4v) is 2.67. The maximum atomic E-state index is 5.61. The molecule has 2 heterocycles. The minimum Gasteiger partial charge on any atom is -0.457 e. The Morgan fingerprint density at radius 3 is 2.81 bits per heavy atom. The first-order valence-corrected chi connectivity index (χ1v) is 6.37. The maximum Gasteiger partial charge on any atom is 0.173 e. The zero-order valence-electron chi connectivity index (χ0n) is 9.12. The molecule has 90 valence electrons. The molecule has 0 radical (unpaired) electrons. The number of halogens is 1. The van der Waals surface area contributed by atoms with E-state index in [9.17, 15) is 0 Å². The van der Waals surface area contributed by atoms with Crippen LogP contribution in [0.3, 0.4) is 0 Å². The lowest BCUT2D eigenvalue weighted by molar-refractivity contribution is 0.0604. The van der Waals surface area contributed by atoms with Crippen molar-refractivity contribution in [1.82, 2.24) is 5.43 Å². The lowest BCUT2D eigenvalue weighted by atomic mass is 9.90. The van der Waals surface area contributed by atoms with Crippen molar-refractivity contribution in [3.8, 4) is 0 Å². The molecule has 0 spiro atoms. The van der Waals surface area contributed by atoms with Crippen molar-refractivity contribution in [3.63, 3.8) is 0 Å². The number of nitrogens with two attached hydrogens (primary N) is 1. The van der Waals surface area contributed by atoms with Crippen LogP contribution >= 0.6 is 15.9 Å². The summed E-state index contributed by atoms with van der Waals surface area (Å²) in [6.07, 6.45) is 4.94. The molecule has 1 unspecified atom stereocenters. The van der Waals surface area contributed by atoms with Gasteiger partial charge < -0.3 is 9.15 Å². The van der Waals surface area contributed by atoms with Crippen LogP contribution in [0, 0.1) is 5.92 Å². The highest BCUT2D eigenvalue weighted by Crippen LogP contribution is 2.31. The molecule has 4 nitrogen and oxygen atoms in total. The summed E-state index contributed by atoms with van der Waals surface area (Å²) in [5, 5.41) is 0. The monoisotopic (exact) mass is 288 g/mol. The molecule has 1 aromatic rings. The standard InChI is InChI=1S/C11H17BrN2O2/c12-11-9(3-6-16-11)10(14-13)7-8-1-4-15-5-2-8/h3,6,8,10,14H,1-2,4-5,7,13H2. The number of ether oxygens (including phenoxy) is 1. The average Bonchev–Trinajstić information content (AvgIpc) is 2.74. The van der Waals surface area contributed by atoms with Crippen LogP contribution in [0.15, 0.2) is 21.4 Å². The average molecular weight is 289 g/mol. The Balaban J connectivity index is 1.97. The molecule has 0 aliphatic carbocycles. The Morgan fingerprint density at radius 1 is 1.50 bits per heavy atom. The van der Waals surface area contributed by atoms with Gasteiger partial charge in [-0.05, 0) is 47.2 Å². The molecule has 1 aliphatic heterocycles. The Morgan fingerprint density at radius 2 is 2.25 bits per heavy atom. The van der Waals surface area contributed by atoms with Crippen molar-refractivity contribution < 1.29 is 9.15 Å². The number of hydrogen-bond donors (Lipinski definition) is 2. The van der Waals surface area contributed by atoms with Crippen molar-refractivity contribution in [2.45, 2.75) is 25.3 Å². The van der Waals surface area contributed by atoms with Crippen LogP contribution < -0.4 is 11.3 Å². The molecule has 1 fully saturated rings. The van der Waals surface area contributed by atoms with Gasteiger partial charge in [0, 0.05) is 18.8 Å². The first kappa shape index (κ1) is 12.1. The molecule has 1 aliphatic rings. The Labute approximate surface area is 104 Å². The smallest absolute Gasteiger partial charge is 0.173 e. The molecule has 16 heavy (non-hydrogen) atoms. The molecule has 3 N–H and O–H groups in total. The molecular formula is C11H17BrN2O2. The highest BCUT2D eigenvalue weighted by atomic mass is 79.9. The predicted octanol–water partition coefficient (Wildman–Crippen LogP) is 2.36. The summed E-state index contributed by atoms with van der Waals surface area (Å²) in [7, 11) is 0. The largest absolute Gasteiger partial charge is 0.457 e. The van der Waals surface area contributed by atoms with Gasteiger partial charge in [-0.25, -0.2) is 0 Å². The minimum atomic E-state index is 0.149. The molecule has 0 bridgehead atoms. The van der Waals surface area contributed by atoms with Crippen LogP contribution in [0.2, 0.25) is 0 Å². The van der Waals surface area contributed by atoms with Crippen LogP contribution in [0.5, 0.6) is 0 Å². The molecule has 5 heteroatoms. The van der Waals surface area contributed by atoms with Crippen LogP contribution in [0.25, 0.3) is 0 Å². The number of furan rings is 1. The molecule has 0 saturated carbocycles. The number of rotatable bonds is 4. The van der Waals surface area contributed by atoms with Gasteiger partial charge in [0.15, 0.2) is 4.67 Å². The first-order chi connectivity index (χ1) is 7.81. The molecule has 2 rings (SSSR count). The Kier molecular flexibility index (Phi) is 4.40. The fourth-order valence-electron chi connectivity index (χ4n) is 2.15. The summed E-state index contributed by atoms with van der Waals surface area (Å²) >= 11 is 3.39. The van der Waals surface area contributed by atoms with Crippen molar-refractivity contribution in [2.24, 2.45) is 11.8 Å². The summed E-state index contributed by atoms with van der Waals surface area (Å²) < 4.78 is 11.3. The molecule has 0 aromatic carbocycles. The summed E-state index contributed by atoms with van der Waals surface area (Å²) in [5.41, 5.74) is 3.95. The van der Waals surface area contributed by atoms with Gasteiger partial charge in [-0.2, -0.15) is 0 Å². The van der Waals surface area contributed by atoms with Gasteiger partial charge in [0.25, 0.3) is 0 Å². The van der Waals surface area contributed by atoms with E-state index >= 15 is 0 Å². The topological polar surface area (TPSA) is 60.4 Å². The fraction of sp³-hybridized carbons (Fsp3) is 0.636. The quantitative estimate of drug-likeness (QED) is 0.660. The van der Waals surface area contributed by atoms with Gasteiger partial charge in [-0.1, -0.05) is 0 Å². The summed E-state index contributed by atoms with van der Waals surface area (Å²) in [4.78, 5) is 0. The van der Waals surface area contributed by atoms with Gasteiger partial charge in [0.1, 0.15) is 0 Å². The molecule has 1 atom stereocenters. The summed E-state index contributed by atoms with van der Waals surface area (Å²) in [6.45, 7) is 1.74. The van der Waals surface area contributed by atoms with Crippen molar-refractivity contribution in [1.29, 1.82) is 0 Å². The van der Waals surface area contributed by atoms with Crippen LogP contribution in [0.4, 0.5) is 0 Å². The van der Waals surface area contributed by atoms with E-state index in [1.54, 1.807) is 6.26 Å². The van der Waals surface area contributed by atoms with Gasteiger partial charge in [0.05, 0.1) is 12.3 Å². The van der Waals surface area contributed by atoms with Crippen LogP contribution in [-0.2, 0) is 4.74 Å². The molecule has 1 aromatic heterocycles. The lowest BCUT2D eigenvalue weighted by Crippen LogP contribution is -2.31. The minimum absolute atomic E-state index is 0.149. The maximum absolute atomic E-state index is 5.61. The van der Waals surface area contributed by atoms with Crippen LogP contribution in [0.1, 0.15) is 30.9 Å². The van der Waals surface area contributed by atoms with Gasteiger partial charge in [-0.3, -0.25) is 11.3 Å². The van der Waals surface area contributed by atoms with E-state index < -0.39 is 0 Å². The third-order valence-corrected chi connectivity index (χ3v) is 3.78. The summed E-state index contributed by atoms with van der Waals surface area (Å²) in [5.74, 6) is 6.28. The summed E-state index contributed by atoms with van der Waals surface area (Å²) in [6, 6.07) is 2.10. The SMILES string of the molecule is NNC(CC1CCOCC1)c1ccoc1Br. The Hall–Kier alpha value is -0.360. The second kappa shape index (κ2) is 5.82. The lowest BCUT2D eigenvalue weighted by Gasteiger charge is -2.26. The van der Waals surface area contributed by atoms with E-state index in [1.807, 2.05) is 6.07 Å². The van der Waals surface area contributed by atoms with Gasteiger partial charge in [0.2, 0.25) is 0 Å². The highest BCUT2D eigenvalue weighted by Gasteiger charge is 2.22. The zero-order chi connectivity index (χ0) is 11.4. The molecule has 0 amide bonds. The number of hydrazine groups is 1. The first-order valence-electron chi connectivity index (χ1n) is 5.58. The predicted molar refractivity (Wildman–Crippen MR) is 64.6 cm³/mol. The highest BCUT2D eigenvalue weighted by molar-refractivity contribution is 9.10. The second-order valence-corrected chi connectivity index (χ2v) is 4.88. The second-order valence-electron chi connectivity index (χ2n) is 4.16. The third-order valence-electron chi connectivity index (χ3n) is 3.13. The number of nitrogens with one attached hydrogen (secondary N) is 1. The normalized spacial score (nSPS) is 19.9. The van der Waals surface area contributed by atoms with Crippen LogP contribution in [-0.4, -0.2) is 13.2 Å². The number of hydrogen-bond acceptors (Lipinski definition) is 4. The van der Waals surface area contributed by atoms with Gasteiger partial charge in [-0.15, -0.1) is 0 Å². The zero-order valence-corrected chi connectivity index (χ0v) is 10.7. The van der Waals surface area contributed by atoms with E-state index in [0.717, 1.165) is 42.7 Å². The Bertz CT molecular complexity index is 324. The van der Waals surface area contributed by atoms with Crippen molar-refractivity contribution in [3.05, 3.63) is 22.6 Å². The van der Waals surface area contributed by atoms with Crippen molar-refractivity contribution in [2.75, 3.05) is 13.2 Å². The van der Waals surface area contributed by atoms with E-state index in [2.05, 4.69) is 21.4 Å². The molecule has 1 saturated heterocycles.